The fourth-order valence-electron chi connectivity index (χ4n) is 2.75. The van der Waals surface area contributed by atoms with Crippen molar-refractivity contribution in [3.8, 4) is 0 Å². The third kappa shape index (κ3) is 3.11. The van der Waals surface area contributed by atoms with Crippen molar-refractivity contribution in [3.63, 3.8) is 0 Å². The maximum atomic E-state index is 3.61. The van der Waals surface area contributed by atoms with Crippen LogP contribution in [0.4, 0.5) is 5.69 Å². The number of nitrogens with one attached hydrogen (secondary N) is 1. The number of halogens is 1. The Hall–Kier alpha value is -1.03. The summed E-state index contributed by atoms with van der Waals surface area (Å²) >= 11 is 2.34. The van der Waals surface area contributed by atoms with E-state index in [1.165, 1.54) is 40.5 Å². The molecule has 2 aromatic carbocycles. The summed E-state index contributed by atoms with van der Waals surface area (Å²) in [6, 6.07) is 15.4. The Kier molecular flexibility index (Phi) is 4.06. The van der Waals surface area contributed by atoms with Crippen LogP contribution in [-0.2, 0) is 19.4 Å². The average Bonchev–Trinajstić information content (AvgIpc) is 2.47. The second kappa shape index (κ2) is 5.95. The van der Waals surface area contributed by atoms with Gasteiger partial charge in [0.15, 0.2) is 0 Å². The third-order valence-electron chi connectivity index (χ3n) is 3.79. The molecule has 1 nitrogen and oxygen atoms in total. The van der Waals surface area contributed by atoms with E-state index >= 15 is 0 Å². The van der Waals surface area contributed by atoms with Gasteiger partial charge in [0.2, 0.25) is 0 Å². The van der Waals surface area contributed by atoms with Gasteiger partial charge < -0.3 is 5.32 Å². The van der Waals surface area contributed by atoms with E-state index in [1.54, 1.807) is 11.1 Å². The smallest absolute Gasteiger partial charge is 0.0400 e. The van der Waals surface area contributed by atoms with Gasteiger partial charge in [-0.05, 0) is 83.2 Å². The van der Waals surface area contributed by atoms with Gasteiger partial charge in [-0.1, -0.05) is 24.3 Å². The zero-order chi connectivity index (χ0) is 13.1. The number of hydrogen-bond donors (Lipinski definition) is 1. The molecule has 0 aliphatic heterocycles. The minimum absolute atomic E-state index is 0.910. The maximum absolute atomic E-state index is 3.61. The molecule has 0 fully saturated rings. The van der Waals surface area contributed by atoms with Crippen molar-refractivity contribution < 1.29 is 0 Å². The Bertz CT molecular complexity index is 560. The van der Waals surface area contributed by atoms with Gasteiger partial charge in [0.25, 0.3) is 0 Å². The lowest BCUT2D eigenvalue weighted by atomic mass is 9.90. The average molecular weight is 363 g/mol. The first-order chi connectivity index (χ1) is 9.33. The van der Waals surface area contributed by atoms with Crippen LogP contribution in [0.3, 0.4) is 0 Å². The molecule has 2 aromatic rings. The molecule has 0 aromatic heterocycles. The van der Waals surface area contributed by atoms with Gasteiger partial charge in [0, 0.05) is 15.8 Å². The van der Waals surface area contributed by atoms with Crippen LogP contribution in [0, 0.1) is 3.57 Å². The summed E-state index contributed by atoms with van der Waals surface area (Å²) in [6.07, 6.45) is 5.14. The van der Waals surface area contributed by atoms with Gasteiger partial charge in [-0.2, -0.15) is 0 Å². The summed E-state index contributed by atoms with van der Waals surface area (Å²) in [5.41, 5.74) is 5.75. The molecule has 0 unspecified atom stereocenters. The molecule has 0 saturated heterocycles. The fraction of sp³-hybridized carbons (Fsp3) is 0.294. The Morgan fingerprint density at radius 3 is 2.58 bits per heavy atom. The molecule has 1 aliphatic rings. The topological polar surface area (TPSA) is 12.0 Å². The van der Waals surface area contributed by atoms with E-state index < -0.39 is 0 Å². The second-order valence-electron chi connectivity index (χ2n) is 5.13. The van der Waals surface area contributed by atoms with Crippen molar-refractivity contribution in [3.05, 3.63) is 62.7 Å². The molecule has 0 spiro atoms. The number of anilines is 1. The van der Waals surface area contributed by atoms with Gasteiger partial charge >= 0.3 is 0 Å². The van der Waals surface area contributed by atoms with Crippen LogP contribution >= 0.6 is 22.6 Å². The maximum Gasteiger partial charge on any atom is 0.0400 e. The van der Waals surface area contributed by atoms with Crippen LogP contribution in [0.25, 0.3) is 0 Å². The Morgan fingerprint density at radius 1 is 0.947 bits per heavy atom. The molecule has 98 valence electrons. The van der Waals surface area contributed by atoms with E-state index in [0.717, 1.165) is 6.54 Å². The Labute approximate surface area is 128 Å². The third-order valence-corrected chi connectivity index (χ3v) is 4.51. The number of aryl methyl sites for hydroxylation is 1. The summed E-state index contributed by atoms with van der Waals surface area (Å²) in [7, 11) is 0. The normalized spacial score (nSPS) is 13.9. The van der Waals surface area contributed by atoms with Gasteiger partial charge in [-0.3, -0.25) is 0 Å². The molecule has 2 heteroatoms. The van der Waals surface area contributed by atoms with E-state index in [0.29, 0.717) is 0 Å². The van der Waals surface area contributed by atoms with Crippen molar-refractivity contribution in [1.29, 1.82) is 0 Å². The summed E-state index contributed by atoms with van der Waals surface area (Å²) in [5, 5.41) is 3.61. The first-order valence-corrected chi connectivity index (χ1v) is 8.00. The Balaban J connectivity index is 1.75. The number of hydrogen-bond acceptors (Lipinski definition) is 1. The zero-order valence-electron chi connectivity index (χ0n) is 11.0. The number of rotatable bonds is 3. The van der Waals surface area contributed by atoms with E-state index in [-0.39, 0.29) is 0 Å². The van der Waals surface area contributed by atoms with E-state index in [4.69, 9.17) is 0 Å². The molecule has 3 rings (SSSR count). The van der Waals surface area contributed by atoms with Crippen LogP contribution in [-0.4, -0.2) is 0 Å². The summed E-state index contributed by atoms with van der Waals surface area (Å²) in [4.78, 5) is 0. The van der Waals surface area contributed by atoms with Crippen LogP contribution in [0.1, 0.15) is 29.5 Å². The predicted octanol–water partition coefficient (Wildman–Crippen LogP) is 4.78. The summed E-state index contributed by atoms with van der Waals surface area (Å²) in [5.74, 6) is 0. The highest BCUT2D eigenvalue weighted by molar-refractivity contribution is 14.1. The van der Waals surface area contributed by atoms with E-state index in [1.807, 2.05) is 0 Å². The lowest BCUT2D eigenvalue weighted by Gasteiger charge is -2.20. The van der Waals surface area contributed by atoms with Crippen molar-refractivity contribution in [1.82, 2.24) is 0 Å². The molecule has 0 radical (unpaired) electrons. The summed E-state index contributed by atoms with van der Waals surface area (Å²) < 4.78 is 1.29. The predicted molar refractivity (Wildman–Crippen MR) is 89.6 cm³/mol. The molecule has 0 bridgehead atoms. The molecule has 0 amide bonds. The molecule has 19 heavy (non-hydrogen) atoms. The number of benzene rings is 2. The first kappa shape index (κ1) is 13.0. The van der Waals surface area contributed by atoms with E-state index in [9.17, 15) is 0 Å². The SMILES string of the molecule is Ic1ccc(CNc2cccc3c2CCCC3)cc1. The minimum Gasteiger partial charge on any atom is -0.381 e. The number of fused-ring (bicyclic) bond motifs is 1. The minimum atomic E-state index is 0.910. The molecule has 1 aliphatic carbocycles. The van der Waals surface area contributed by atoms with Crippen LogP contribution in [0.5, 0.6) is 0 Å². The van der Waals surface area contributed by atoms with Crippen molar-refractivity contribution in [2.45, 2.75) is 32.2 Å². The standard InChI is InChI=1S/C17H18IN/c18-15-10-8-13(9-11-15)12-19-17-7-3-5-14-4-1-2-6-16(14)17/h3,5,7-11,19H,1-2,4,6,12H2. The molecule has 0 saturated carbocycles. The van der Waals surface area contributed by atoms with Crippen LogP contribution < -0.4 is 5.32 Å². The van der Waals surface area contributed by atoms with Gasteiger partial charge in [0.1, 0.15) is 0 Å². The van der Waals surface area contributed by atoms with Gasteiger partial charge in [-0.15, -0.1) is 0 Å². The van der Waals surface area contributed by atoms with E-state index in [2.05, 4.69) is 70.4 Å². The van der Waals surface area contributed by atoms with Gasteiger partial charge in [0.05, 0.1) is 0 Å². The zero-order valence-corrected chi connectivity index (χ0v) is 13.1. The monoisotopic (exact) mass is 363 g/mol. The largest absolute Gasteiger partial charge is 0.381 e. The van der Waals surface area contributed by atoms with Gasteiger partial charge in [-0.25, -0.2) is 0 Å². The van der Waals surface area contributed by atoms with Crippen LogP contribution in [0.2, 0.25) is 0 Å². The lowest BCUT2D eigenvalue weighted by molar-refractivity contribution is 0.686. The highest BCUT2D eigenvalue weighted by atomic mass is 127. The Morgan fingerprint density at radius 2 is 1.74 bits per heavy atom. The molecule has 0 atom stereocenters. The molecule has 0 heterocycles. The molecular weight excluding hydrogens is 345 g/mol. The van der Waals surface area contributed by atoms with Crippen molar-refractivity contribution >= 4 is 28.3 Å². The summed E-state index contributed by atoms with van der Waals surface area (Å²) in [6.45, 7) is 0.910. The highest BCUT2D eigenvalue weighted by Gasteiger charge is 2.12. The second-order valence-corrected chi connectivity index (χ2v) is 6.38. The van der Waals surface area contributed by atoms with Crippen molar-refractivity contribution in [2.75, 3.05) is 5.32 Å². The fourth-order valence-corrected chi connectivity index (χ4v) is 3.11. The van der Waals surface area contributed by atoms with Crippen LogP contribution in [0.15, 0.2) is 42.5 Å². The molecular formula is C17H18IN. The lowest BCUT2D eigenvalue weighted by Crippen LogP contribution is -2.08. The van der Waals surface area contributed by atoms with Crippen molar-refractivity contribution in [2.24, 2.45) is 0 Å². The molecule has 1 N–H and O–H groups in total. The highest BCUT2D eigenvalue weighted by Crippen LogP contribution is 2.28. The quantitative estimate of drug-likeness (QED) is 0.774. The first-order valence-electron chi connectivity index (χ1n) is 6.92.